The van der Waals surface area contributed by atoms with Crippen LogP contribution in [-0.4, -0.2) is 89.3 Å². The van der Waals surface area contributed by atoms with Crippen LogP contribution in [0.25, 0.3) is 0 Å². The van der Waals surface area contributed by atoms with E-state index < -0.39 is 0 Å². The Labute approximate surface area is 235 Å². The minimum Gasteiger partial charge on any atom is -0.379 e. The highest BCUT2D eigenvalue weighted by atomic mass is 16.6. The quantitative estimate of drug-likeness (QED) is 0.103. The summed E-state index contributed by atoms with van der Waals surface area (Å²) in [4.78, 5) is 25.8. The van der Waals surface area contributed by atoms with Crippen molar-refractivity contribution in [2.45, 2.75) is 77.6 Å². The first-order valence-electron chi connectivity index (χ1n) is 15.1. The van der Waals surface area contributed by atoms with Gasteiger partial charge < -0.3 is 23.7 Å². The monoisotopic (exact) mass is 549 g/mol. The Hall–Kier alpha value is -1.84. The zero-order valence-electron chi connectivity index (χ0n) is 24.2. The maximum absolute atomic E-state index is 12.3. The number of hydrogen-bond donors (Lipinski definition) is 0. The van der Waals surface area contributed by atoms with Crippen molar-refractivity contribution in [2.24, 2.45) is 0 Å². The molecule has 0 saturated heterocycles. The second-order valence-electron chi connectivity index (χ2n) is 9.90. The molecule has 0 aromatic heterocycles. The minimum atomic E-state index is -0.260. The molecule has 0 unspecified atom stereocenters. The van der Waals surface area contributed by atoms with Crippen LogP contribution < -0.4 is 0 Å². The van der Waals surface area contributed by atoms with E-state index in [-0.39, 0.29) is 25.0 Å². The first kappa shape index (κ1) is 33.4. The maximum Gasteiger partial charge on any atom is 0.261 e. The normalized spacial score (nSPS) is 13.0. The van der Waals surface area contributed by atoms with E-state index in [1.54, 1.807) is 24.3 Å². The predicted octanol–water partition coefficient (Wildman–Crippen LogP) is 5.68. The lowest BCUT2D eigenvalue weighted by Crippen LogP contribution is -2.33. The van der Waals surface area contributed by atoms with Gasteiger partial charge in [0.05, 0.1) is 77.1 Å². The molecule has 39 heavy (non-hydrogen) atoms. The van der Waals surface area contributed by atoms with Crippen LogP contribution in [0.1, 0.15) is 98.3 Å². The molecule has 222 valence electrons. The number of unbranched alkanes of at least 4 members (excludes halogenated alkanes) is 10. The lowest BCUT2D eigenvalue weighted by Gasteiger charge is -2.13. The van der Waals surface area contributed by atoms with Gasteiger partial charge >= 0.3 is 0 Å². The molecule has 2 rings (SSSR count). The molecule has 0 aliphatic carbocycles. The average Bonchev–Trinajstić information content (AvgIpc) is 3.19. The molecule has 0 fully saturated rings. The van der Waals surface area contributed by atoms with Gasteiger partial charge in [-0.15, -0.1) is 0 Å². The molecular weight excluding hydrogens is 498 g/mol. The maximum atomic E-state index is 12.3. The third-order valence-electron chi connectivity index (χ3n) is 6.72. The van der Waals surface area contributed by atoms with Gasteiger partial charge in [-0.25, -0.2) is 0 Å². The second-order valence-corrected chi connectivity index (χ2v) is 9.90. The number of fused-ring (bicyclic) bond motifs is 1. The minimum absolute atomic E-state index is 0.236. The van der Waals surface area contributed by atoms with Crippen LogP contribution in [0.3, 0.4) is 0 Å². The summed E-state index contributed by atoms with van der Waals surface area (Å²) in [6.07, 6.45) is 14.8. The number of nitrogens with zero attached hydrogens (tertiary/aromatic N) is 1. The molecule has 1 aromatic rings. The molecule has 2 amide bonds. The molecule has 1 aromatic carbocycles. The zero-order valence-corrected chi connectivity index (χ0v) is 24.2. The van der Waals surface area contributed by atoms with Gasteiger partial charge in [0.15, 0.2) is 0 Å². The molecule has 0 atom stereocenters. The largest absolute Gasteiger partial charge is 0.379 e. The Morgan fingerprint density at radius 1 is 0.487 bits per heavy atom. The molecule has 0 bridgehead atoms. The number of carbonyl (C=O) groups is 2. The molecule has 0 N–H and O–H groups in total. The highest BCUT2D eigenvalue weighted by Crippen LogP contribution is 2.21. The molecule has 0 spiro atoms. The van der Waals surface area contributed by atoms with Crippen LogP contribution in [0, 0.1) is 0 Å². The molecule has 8 nitrogen and oxygen atoms in total. The summed E-state index contributed by atoms with van der Waals surface area (Å²) in [5.74, 6) is -0.521. The SMILES string of the molecule is CCCCCCCCCCCCCOCCOCCOCCOCCOCCN1C(=O)c2ccccc2C1=O. The second kappa shape index (κ2) is 22.9. The molecule has 0 radical (unpaired) electrons. The number of hydrogen-bond acceptors (Lipinski definition) is 7. The standard InChI is InChI=1S/C31H51NO7/c1-2-3-4-5-6-7-8-9-10-11-14-18-35-20-22-37-24-26-39-27-25-38-23-21-36-19-17-32-30(33)28-15-12-13-16-29(28)31(32)34/h12-13,15-16H,2-11,14,17-27H2,1H3. The lowest BCUT2D eigenvalue weighted by molar-refractivity contribution is -0.0119. The van der Waals surface area contributed by atoms with Crippen LogP contribution in [0.5, 0.6) is 0 Å². The number of rotatable bonds is 27. The van der Waals surface area contributed by atoms with Crippen LogP contribution in [0.15, 0.2) is 24.3 Å². The van der Waals surface area contributed by atoms with Crippen LogP contribution in [-0.2, 0) is 23.7 Å². The van der Waals surface area contributed by atoms with Crippen molar-refractivity contribution in [2.75, 3.05) is 72.6 Å². The zero-order chi connectivity index (χ0) is 27.8. The summed E-state index contributed by atoms with van der Waals surface area (Å²) in [6.45, 7) is 7.70. The van der Waals surface area contributed by atoms with Gasteiger partial charge in [0.1, 0.15) is 0 Å². The molecule has 8 heteroatoms. The van der Waals surface area contributed by atoms with E-state index in [2.05, 4.69) is 6.92 Å². The van der Waals surface area contributed by atoms with Crippen molar-refractivity contribution < 1.29 is 33.3 Å². The van der Waals surface area contributed by atoms with Crippen LogP contribution in [0.2, 0.25) is 0 Å². The van der Waals surface area contributed by atoms with Gasteiger partial charge in [-0.3, -0.25) is 14.5 Å². The summed E-state index contributed by atoms with van der Waals surface area (Å²) in [7, 11) is 0. The van der Waals surface area contributed by atoms with Gasteiger partial charge in [0.2, 0.25) is 0 Å². The van der Waals surface area contributed by atoms with E-state index in [1.807, 2.05) is 0 Å². The van der Waals surface area contributed by atoms with E-state index in [0.29, 0.717) is 64.0 Å². The molecule has 1 aliphatic rings. The fraction of sp³-hybridized carbons (Fsp3) is 0.742. The molecular formula is C31H51NO7. The third kappa shape index (κ3) is 14.9. The predicted molar refractivity (Wildman–Crippen MR) is 152 cm³/mol. The van der Waals surface area contributed by atoms with E-state index in [1.165, 1.54) is 69.1 Å². The first-order chi connectivity index (χ1) is 19.3. The summed E-state index contributed by atoms with van der Waals surface area (Å²) in [5, 5.41) is 0. The highest BCUT2D eigenvalue weighted by molar-refractivity contribution is 6.21. The van der Waals surface area contributed by atoms with Crippen molar-refractivity contribution in [1.82, 2.24) is 4.90 Å². The molecule has 1 heterocycles. The van der Waals surface area contributed by atoms with E-state index in [4.69, 9.17) is 23.7 Å². The first-order valence-corrected chi connectivity index (χ1v) is 15.1. The van der Waals surface area contributed by atoms with E-state index in [9.17, 15) is 9.59 Å². The van der Waals surface area contributed by atoms with E-state index >= 15 is 0 Å². The Bertz CT molecular complexity index is 738. The Balaban J connectivity index is 1.23. The van der Waals surface area contributed by atoms with Crippen molar-refractivity contribution >= 4 is 11.8 Å². The number of ether oxygens (including phenoxy) is 5. The van der Waals surface area contributed by atoms with Gasteiger partial charge in [0.25, 0.3) is 11.8 Å². The average molecular weight is 550 g/mol. The fourth-order valence-corrected chi connectivity index (χ4v) is 4.45. The summed E-state index contributed by atoms with van der Waals surface area (Å²) in [5.41, 5.74) is 0.916. The van der Waals surface area contributed by atoms with Crippen molar-refractivity contribution in [1.29, 1.82) is 0 Å². The fourth-order valence-electron chi connectivity index (χ4n) is 4.45. The van der Waals surface area contributed by atoms with Gasteiger partial charge in [0, 0.05) is 6.61 Å². The molecule has 1 aliphatic heterocycles. The number of amides is 2. The highest BCUT2D eigenvalue weighted by Gasteiger charge is 2.34. The van der Waals surface area contributed by atoms with Gasteiger partial charge in [-0.1, -0.05) is 83.3 Å². The third-order valence-corrected chi connectivity index (χ3v) is 6.72. The van der Waals surface area contributed by atoms with Crippen LogP contribution >= 0.6 is 0 Å². The summed E-state index contributed by atoms with van der Waals surface area (Å²) >= 11 is 0. The van der Waals surface area contributed by atoms with Gasteiger partial charge in [-0.2, -0.15) is 0 Å². The van der Waals surface area contributed by atoms with E-state index in [0.717, 1.165) is 13.0 Å². The molecule has 0 saturated carbocycles. The van der Waals surface area contributed by atoms with Crippen LogP contribution in [0.4, 0.5) is 0 Å². The van der Waals surface area contributed by atoms with Crippen molar-refractivity contribution in [3.8, 4) is 0 Å². The lowest BCUT2D eigenvalue weighted by atomic mass is 10.1. The topological polar surface area (TPSA) is 83.5 Å². The Morgan fingerprint density at radius 3 is 1.28 bits per heavy atom. The summed E-state index contributed by atoms with van der Waals surface area (Å²) in [6, 6.07) is 6.87. The number of benzene rings is 1. The van der Waals surface area contributed by atoms with Gasteiger partial charge in [-0.05, 0) is 18.6 Å². The summed E-state index contributed by atoms with van der Waals surface area (Å²) < 4.78 is 27.6. The van der Waals surface area contributed by atoms with Crippen molar-refractivity contribution in [3.05, 3.63) is 35.4 Å². The Morgan fingerprint density at radius 2 is 0.846 bits per heavy atom. The number of imide groups is 1. The smallest absolute Gasteiger partial charge is 0.261 e. The van der Waals surface area contributed by atoms with Crippen molar-refractivity contribution in [3.63, 3.8) is 0 Å². The Kier molecular flexibility index (Phi) is 19.6. The number of carbonyl (C=O) groups excluding carboxylic acids is 2.